The maximum atomic E-state index is 13.5. The second-order valence-corrected chi connectivity index (χ2v) is 4.97. The van der Waals surface area contributed by atoms with Crippen molar-refractivity contribution in [2.24, 2.45) is 0 Å². The van der Waals surface area contributed by atoms with Crippen molar-refractivity contribution in [1.82, 2.24) is 0 Å². The van der Waals surface area contributed by atoms with Crippen LogP contribution in [0.1, 0.15) is 21.5 Å². The summed E-state index contributed by atoms with van der Waals surface area (Å²) < 4.78 is 116. The van der Waals surface area contributed by atoms with E-state index in [9.17, 15) is 44.3 Å². The van der Waals surface area contributed by atoms with Crippen LogP contribution in [0.4, 0.5) is 45.2 Å². The van der Waals surface area contributed by atoms with Gasteiger partial charge >= 0.3 is 12.4 Å². The lowest BCUT2D eigenvalue weighted by atomic mass is 10.0. The van der Waals surface area contributed by atoms with Crippen molar-refractivity contribution in [2.75, 3.05) is 5.32 Å². The lowest BCUT2D eigenvalue weighted by molar-refractivity contribution is -0.143. The molecular formula is C15H6F9NO. The van der Waals surface area contributed by atoms with Crippen LogP contribution >= 0.6 is 0 Å². The highest BCUT2D eigenvalue weighted by molar-refractivity contribution is 6.04. The molecule has 0 saturated carbocycles. The van der Waals surface area contributed by atoms with Gasteiger partial charge in [-0.05, 0) is 30.3 Å². The molecule has 2 nitrogen and oxygen atoms in total. The fourth-order valence-electron chi connectivity index (χ4n) is 1.90. The molecule has 0 atom stereocenters. The quantitative estimate of drug-likeness (QED) is 0.543. The van der Waals surface area contributed by atoms with E-state index < -0.39 is 58.1 Å². The van der Waals surface area contributed by atoms with Gasteiger partial charge < -0.3 is 5.32 Å². The van der Waals surface area contributed by atoms with Crippen LogP contribution in [0.2, 0.25) is 0 Å². The maximum Gasteiger partial charge on any atom is 0.416 e. The van der Waals surface area contributed by atoms with Crippen LogP contribution in [0.15, 0.2) is 30.3 Å². The molecule has 0 heterocycles. The number of carbonyl (C=O) groups is 1. The average molecular weight is 387 g/mol. The zero-order chi connectivity index (χ0) is 19.9. The van der Waals surface area contributed by atoms with Crippen molar-refractivity contribution >= 4 is 11.6 Å². The highest BCUT2D eigenvalue weighted by Crippen LogP contribution is 2.36. The van der Waals surface area contributed by atoms with Gasteiger partial charge in [0.05, 0.1) is 16.8 Å². The van der Waals surface area contributed by atoms with Crippen LogP contribution in [0.25, 0.3) is 0 Å². The number of halogens is 9. The van der Waals surface area contributed by atoms with Crippen LogP contribution < -0.4 is 5.32 Å². The van der Waals surface area contributed by atoms with Crippen LogP contribution in [-0.2, 0) is 12.4 Å². The molecule has 0 saturated heterocycles. The smallest absolute Gasteiger partial charge is 0.319 e. The van der Waals surface area contributed by atoms with E-state index in [1.807, 2.05) is 0 Å². The van der Waals surface area contributed by atoms with E-state index in [1.165, 1.54) is 0 Å². The van der Waals surface area contributed by atoms with E-state index in [-0.39, 0.29) is 18.2 Å². The second kappa shape index (κ2) is 6.54. The van der Waals surface area contributed by atoms with Gasteiger partial charge in [0.2, 0.25) is 0 Å². The fourth-order valence-corrected chi connectivity index (χ4v) is 1.90. The summed E-state index contributed by atoms with van der Waals surface area (Å²) in [7, 11) is 0. The normalized spacial score (nSPS) is 12.2. The number of amides is 1. The summed E-state index contributed by atoms with van der Waals surface area (Å²) in [5, 5.41) is 1.60. The topological polar surface area (TPSA) is 29.1 Å². The molecule has 1 N–H and O–H groups in total. The Labute approximate surface area is 139 Å². The minimum absolute atomic E-state index is 0.113. The van der Waals surface area contributed by atoms with Crippen LogP contribution in [-0.4, -0.2) is 5.91 Å². The Balaban J connectivity index is 2.47. The Hall–Kier alpha value is -2.72. The van der Waals surface area contributed by atoms with Gasteiger partial charge in [-0.1, -0.05) is 0 Å². The van der Waals surface area contributed by atoms with Gasteiger partial charge in [0.15, 0.2) is 17.5 Å². The molecule has 140 valence electrons. The molecular weight excluding hydrogens is 381 g/mol. The molecule has 0 spiro atoms. The fraction of sp³-hybridized carbons (Fsp3) is 0.133. The Morgan fingerprint density at radius 2 is 1.27 bits per heavy atom. The lowest BCUT2D eigenvalue weighted by Gasteiger charge is -2.14. The Kier molecular flexibility index (Phi) is 4.93. The third-order valence-electron chi connectivity index (χ3n) is 3.13. The van der Waals surface area contributed by atoms with E-state index in [0.29, 0.717) is 12.1 Å². The summed E-state index contributed by atoms with van der Waals surface area (Å²) >= 11 is 0. The standard InChI is InChI=1S/C15H6F9NO/c16-9-1-2-10(12(18)11(9)17)25-13(26)6-3-7(14(19,20)21)5-8(4-6)15(22,23)24/h1-5H,(H,25,26). The van der Waals surface area contributed by atoms with Gasteiger partial charge in [0, 0.05) is 5.56 Å². The molecule has 0 unspecified atom stereocenters. The first-order valence-corrected chi connectivity index (χ1v) is 6.55. The largest absolute Gasteiger partial charge is 0.416 e. The van der Waals surface area contributed by atoms with E-state index in [0.717, 1.165) is 0 Å². The van der Waals surface area contributed by atoms with Gasteiger partial charge in [-0.2, -0.15) is 26.3 Å². The van der Waals surface area contributed by atoms with Crippen molar-refractivity contribution in [3.05, 3.63) is 64.5 Å². The van der Waals surface area contributed by atoms with Gasteiger partial charge in [-0.25, -0.2) is 13.2 Å². The molecule has 11 heteroatoms. The molecule has 2 aromatic rings. The maximum absolute atomic E-state index is 13.5. The van der Waals surface area contributed by atoms with Crippen LogP contribution in [0.5, 0.6) is 0 Å². The molecule has 0 radical (unpaired) electrons. The molecule has 0 aliphatic rings. The molecule has 1 amide bonds. The van der Waals surface area contributed by atoms with Crippen LogP contribution in [0, 0.1) is 17.5 Å². The summed E-state index contributed by atoms with van der Waals surface area (Å²) in [4.78, 5) is 11.9. The summed E-state index contributed by atoms with van der Waals surface area (Å²) in [6.45, 7) is 0. The first kappa shape index (κ1) is 19.6. The monoisotopic (exact) mass is 387 g/mol. The average Bonchev–Trinajstić information content (AvgIpc) is 2.53. The van der Waals surface area contributed by atoms with Gasteiger partial charge in [-0.15, -0.1) is 0 Å². The third-order valence-corrected chi connectivity index (χ3v) is 3.13. The minimum Gasteiger partial charge on any atom is -0.319 e. The van der Waals surface area contributed by atoms with Crippen LogP contribution in [0.3, 0.4) is 0 Å². The number of carbonyl (C=O) groups excluding carboxylic acids is 1. The highest BCUT2D eigenvalue weighted by atomic mass is 19.4. The highest BCUT2D eigenvalue weighted by Gasteiger charge is 2.37. The predicted molar refractivity (Wildman–Crippen MR) is 70.7 cm³/mol. The number of alkyl halides is 6. The predicted octanol–water partition coefficient (Wildman–Crippen LogP) is 5.39. The third kappa shape index (κ3) is 4.09. The first-order valence-electron chi connectivity index (χ1n) is 6.55. The summed E-state index contributed by atoms with van der Waals surface area (Å²) in [6, 6.07) is 1.00. The number of nitrogens with one attached hydrogen (secondary N) is 1. The summed E-state index contributed by atoms with van der Waals surface area (Å²) in [6.07, 6.45) is -10.4. The SMILES string of the molecule is O=C(Nc1ccc(F)c(F)c1F)c1cc(C(F)(F)F)cc(C(F)(F)F)c1. The van der Waals surface area contributed by atoms with Gasteiger partial charge in [0.1, 0.15) is 0 Å². The molecule has 0 aliphatic heterocycles. The zero-order valence-corrected chi connectivity index (χ0v) is 12.2. The van der Waals surface area contributed by atoms with Crippen molar-refractivity contribution in [3.8, 4) is 0 Å². The number of anilines is 1. The van der Waals surface area contributed by atoms with E-state index in [4.69, 9.17) is 0 Å². The Morgan fingerprint density at radius 3 is 1.73 bits per heavy atom. The zero-order valence-electron chi connectivity index (χ0n) is 12.2. The molecule has 2 rings (SSSR count). The second-order valence-electron chi connectivity index (χ2n) is 4.97. The molecule has 0 aromatic heterocycles. The van der Waals surface area contributed by atoms with Crippen molar-refractivity contribution < 1.29 is 44.3 Å². The van der Waals surface area contributed by atoms with Crippen molar-refractivity contribution in [1.29, 1.82) is 0 Å². The number of benzene rings is 2. The summed E-state index contributed by atoms with van der Waals surface area (Å²) in [5.41, 5.74) is -5.58. The molecule has 26 heavy (non-hydrogen) atoms. The Bertz CT molecular complexity index is 823. The van der Waals surface area contributed by atoms with Crippen molar-refractivity contribution in [3.63, 3.8) is 0 Å². The van der Waals surface area contributed by atoms with E-state index >= 15 is 0 Å². The Morgan fingerprint density at radius 1 is 0.769 bits per heavy atom. The number of hydrogen-bond acceptors (Lipinski definition) is 1. The first-order chi connectivity index (χ1) is 11.8. The minimum atomic E-state index is -5.19. The molecule has 2 aromatic carbocycles. The van der Waals surface area contributed by atoms with Crippen molar-refractivity contribution in [2.45, 2.75) is 12.4 Å². The number of hydrogen-bond donors (Lipinski definition) is 1. The van der Waals surface area contributed by atoms with Gasteiger partial charge in [0.25, 0.3) is 5.91 Å². The van der Waals surface area contributed by atoms with E-state index in [2.05, 4.69) is 0 Å². The van der Waals surface area contributed by atoms with Gasteiger partial charge in [-0.3, -0.25) is 4.79 Å². The molecule has 0 aliphatic carbocycles. The molecule has 0 fully saturated rings. The lowest BCUT2D eigenvalue weighted by Crippen LogP contribution is -2.18. The molecule has 0 bridgehead atoms. The number of rotatable bonds is 2. The summed E-state index contributed by atoms with van der Waals surface area (Å²) in [5.74, 6) is -7.00. The van der Waals surface area contributed by atoms with E-state index in [1.54, 1.807) is 5.32 Å².